The maximum absolute atomic E-state index is 9.77. The van der Waals surface area contributed by atoms with Crippen LogP contribution in [-0.4, -0.2) is 38.7 Å². The van der Waals surface area contributed by atoms with Crippen LogP contribution in [-0.2, 0) is 6.42 Å². The second kappa shape index (κ2) is 8.32. The Morgan fingerprint density at radius 1 is 1.16 bits per heavy atom. The van der Waals surface area contributed by atoms with E-state index in [4.69, 9.17) is 23.2 Å². The highest BCUT2D eigenvalue weighted by molar-refractivity contribution is 8.13. The zero-order valence-corrected chi connectivity index (χ0v) is 16.0. The fraction of sp³-hybridized carbons (Fsp3) is 0.278. The molecule has 7 heteroatoms. The van der Waals surface area contributed by atoms with Gasteiger partial charge in [0.1, 0.15) is 11.6 Å². The largest absolute Gasteiger partial charge is 0.390 e. The number of aliphatic hydroxyl groups excluding tert-OH is 1. The second-order valence-electron chi connectivity index (χ2n) is 5.62. The summed E-state index contributed by atoms with van der Waals surface area (Å²) in [6.07, 6.45) is 4.32. The number of hydrazone groups is 1. The summed E-state index contributed by atoms with van der Waals surface area (Å²) in [5, 5.41) is 16.6. The number of aliphatic hydroxyl groups is 1. The molecular formula is C18H18Cl2N3OS+. The van der Waals surface area contributed by atoms with Gasteiger partial charge in [-0.3, -0.25) is 4.98 Å². The number of thioether (sulfide) groups is 1. The lowest BCUT2D eigenvalue weighted by atomic mass is 9.97. The van der Waals surface area contributed by atoms with E-state index in [-0.39, 0.29) is 12.5 Å². The summed E-state index contributed by atoms with van der Waals surface area (Å²) in [6, 6.07) is 9.47. The Morgan fingerprint density at radius 2 is 1.84 bits per heavy atom. The first kappa shape index (κ1) is 18.4. The fourth-order valence-corrected chi connectivity index (χ4v) is 4.66. The van der Waals surface area contributed by atoms with Crippen LogP contribution < -0.4 is 0 Å². The van der Waals surface area contributed by atoms with Crippen molar-refractivity contribution in [1.82, 2.24) is 4.98 Å². The molecule has 25 heavy (non-hydrogen) atoms. The van der Waals surface area contributed by atoms with Gasteiger partial charge in [-0.2, -0.15) is 0 Å². The third-order valence-corrected chi connectivity index (χ3v) is 5.53. The zero-order chi connectivity index (χ0) is 17.8. The maximum Gasteiger partial charge on any atom is 0.256 e. The number of halogens is 2. The minimum Gasteiger partial charge on any atom is -0.390 e. The normalized spacial score (nSPS) is 17.1. The van der Waals surface area contributed by atoms with Gasteiger partial charge in [0.05, 0.1) is 6.61 Å². The molecule has 1 aromatic heterocycles. The molecule has 1 aliphatic rings. The van der Waals surface area contributed by atoms with E-state index >= 15 is 0 Å². The first-order chi connectivity index (χ1) is 12.1. The van der Waals surface area contributed by atoms with Crippen LogP contribution >= 0.6 is 35.0 Å². The van der Waals surface area contributed by atoms with Gasteiger partial charge in [-0.15, -0.1) is 0 Å². The molecule has 0 radical (unpaired) electrons. The molecule has 0 aliphatic carbocycles. The predicted octanol–water partition coefficient (Wildman–Crippen LogP) is 4.13. The SMILES string of the molecule is CC[N+]1=C(Sc2cc(Cl)cc(Cl)c2)C(Cc2ccncc2)C(CO)=N1. The maximum atomic E-state index is 9.77. The summed E-state index contributed by atoms with van der Waals surface area (Å²) in [5.41, 5.74) is 1.93. The van der Waals surface area contributed by atoms with E-state index in [2.05, 4.69) is 10.1 Å². The first-order valence-corrected chi connectivity index (χ1v) is 9.53. The average molecular weight is 395 g/mol. The van der Waals surface area contributed by atoms with Gasteiger partial charge in [0, 0.05) is 27.3 Å². The topological polar surface area (TPSA) is 48.5 Å². The minimum atomic E-state index is -0.0629. The van der Waals surface area contributed by atoms with Crippen molar-refractivity contribution < 1.29 is 9.79 Å². The van der Waals surface area contributed by atoms with Crippen molar-refractivity contribution in [1.29, 1.82) is 0 Å². The first-order valence-electron chi connectivity index (χ1n) is 7.96. The molecule has 3 rings (SSSR count). The van der Waals surface area contributed by atoms with Crippen LogP contribution in [0.4, 0.5) is 0 Å². The van der Waals surface area contributed by atoms with Crippen LogP contribution in [0, 0.1) is 5.92 Å². The number of hydrogen-bond donors (Lipinski definition) is 1. The summed E-state index contributed by atoms with van der Waals surface area (Å²) >= 11 is 13.9. The van der Waals surface area contributed by atoms with Crippen LogP contribution in [0.3, 0.4) is 0 Å². The van der Waals surface area contributed by atoms with Crippen molar-refractivity contribution in [3.63, 3.8) is 0 Å². The predicted molar refractivity (Wildman–Crippen MR) is 104 cm³/mol. The van der Waals surface area contributed by atoms with Crippen LogP contribution in [0.1, 0.15) is 12.5 Å². The van der Waals surface area contributed by atoms with Gasteiger partial charge < -0.3 is 5.11 Å². The molecule has 1 aromatic carbocycles. The van der Waals surface area contributed by atoms with Crippen molar-refractivity contribution in [2.75, 3.05) is 13.2 Å². The smallest absolute Gasteiger partial charge is 0.256 e. The van der Waals surface area contributed by atoms with Crippen molar-refractivity contribution in [3.05, 3.63) is 58.3 Å². The molecule has 4 nitrogen and oxygen atoms in total. The molecule has 0 saturated heterocycles. The van der Waals surface area contributed by atoms with Crippen LogP contribution in [0.25, 0.3) is 0 Å². The minimum absolute atomic E-state index is 0.0232. The summed E-state index contributed by atoms with van der Waals surface area (Å²) < 4.78 is 1.94. The Kier molecular flexibility index (Phi) is 6.12. The van der Waals surface area contributed by atoms with Crippen molar-refractivity contribution in [2.24, 2.45) is 11.0 Å². The van der Waals surface area contributed by atoms with E-state index in [0.29, 0.717) is 10.0 Å². The third-order valence-electron chi connectivity index (χ3n) is 3.91. The Bertz CT molecular complexity index is 804. The Labute approximate surface area is 161 Å². The molecule has 2 heterocycles. The molecule has 0 fully saturated rings. The van der Waals surface area contributed by atoms with Gasteiger partial charge in [0.2, 0.25) is 0 Å². The van der Waals surface area contributed by atoms with E-state index in [1.165, 1.54) is 0 Å². The van der Waals surface area contributed by atoms with Gasteiger partial charge in [-0.05, 0) is 66.1 Å². The molecule has 0 saturated carbocycles. The van der Waals surface area contributed by atoms with E-state index in [1.54, 1.807) is 30.2 Å². The molecule has 1 N–H and O–H groups in total. The van der Waals surface area contributed by atoms with Gasteiger partial charge >= 0.3 is 0 Å². The monoisotopic (exact) mass is 394 g/mol. The van der Waals surface area contributed by atoms with Gasteiger partial charge in [-0.1, -0.05) is 27.9 Å². The second-order valence-corrected chi connectivity index (χ2v) is 7.59. The average Bonchev–Trinajstić information content (AvgIpc) is 2.92. The number of nitrogens with zero attached hydrogens (tertiary/aromatic N) is 3. The van der Waals surface area contributed by atoms with Crippen molar-refractivity contribution in [3.8, 4) is 0 Å². The van der Waals surface area contributed by atoms with E-state index in [9.17, 15) is 5.11 Å². The molecule has 1 aliphatic heterocycles. The standard InChI is InChI=1S/C18H18Cl2N3OS/c1-2-23-18(25-15-9-13(19)8-14(20)10-15)16(17(11-24)22-23)7-12-3-5-21-6-4-12/h3-6,8-10,16,24H,2,7,11H2,1H3/q+1. The van der Waals surface area contributed by atoms with Gasteiger partial charge in [-0.25, -0.2) is 0 Å². The summed E-state index contributed by atoms with van der Waals surface area (Å²) in [4.78, 5) is 5.02. The van der Waals surface area contributed by atoms with Crippen LogP contribution in [0.2, 0.25) is 10.0 Å². The zero-order valence-electron chi connectivity index (χ0n) is 13.7. The van der Waals surface area contributed by atoms with Crippen LogP contribution in [0.15, 0.2) is 52.7 Å². The molecule has 0 bridgehead atoms. The van der Waals surface area contributed by atoms with E-state index in [1.807, 2.05) is 35.9 Å². The Hall–Kier alpha value is -1.40. The van der Waals surface area contributed by atoms with Crippen LogP contribution in [0.5, 0.6) is 0 Å². The lowest BCUT2D eigenvalue weighted by Crippen LogP contribution is -2.25. The lowest BCUT2D eigenvalue weighted by Gasteiger charge is -2.11. The van der Waals surface area contributed by atoms with E-state index < -0.39 is 0 Å². The van der Waals surface area contributed by atoms with Gasteiger partial charge in [0.25, 0.3) is 5.04 Å². The third kappa shape index (κ3) is 4.42. The van der Waals surface area contributed by atoms with Crippen molar-refractivity contribution >= 4 is 45.7 Å². The quantitative estimate of drug-likeness (QED) is 0.775. The highest BCUT2D eigenvalue weighted by Gasteiger charge is 2.38. The molecule has 0 spiro atoms. The fourth-order valence-electron chi connectivity index (χ4n) is 2.76. The summed E-state index contributed by atoms with van der Waals surface area (Å²) in [6.45, 7) is 2.71. The summed E-state index contributed by atoms with van der Waals surface area (Å²) in [5.74, 6) is 0.0232. The number of pyridine rings is 1. The molecule has 1 atom stereocenters. The highest BCUT2D eigenvalue weighted by Crippen LogP contribution is 2.32. The highest BCUT2D eigenvalue weighted by atomic mass is 35.5. The van der Waals surface area contributed by atoms with Gasteiger partial charge in [0.15, 0.2) is 6.54 Å². The Morgan fingerprint density at radius 3 is 2.44 bits per heavy atom. The Balaban J connectivity index is 1.92. The number of benzene rings is 1. The molecular weight excluding hydrogens is 377 g/mol. The lowest BCUT2D eigenvalue weighted by molar-refractivity contribution is -0.524. The number of rotatable bonds is 5. The van der Waals surface area contributed by atoms with Crippen molar-refractivity contribution in [2.45, 2.75) is 18.2 Å². The van der Waals surface area contributed by atoms with E-state index in [0.717, 1.165) is 34.2 Å². The summed E-state index contributed by atoms with van der Waals surface area (Å²) in [7, 11) is 0. The number of hydrogen-bond acceptors (Lipinski definition) is 4. The molecule has 2 aromatic rings. The molecule has 0 amide bonds. The molecule has 130 valence electrons. The molecule has 1 unspecified atom stereocenters. The number of aromatic nitrogens is 1.